The first-order valence-corrected chi connectivity index (χ1v) is 12.1. The Morgan fingerprint density at radius 3 is 2.49 bits per heavy atom. The third-order valence-corrected chi connectivity index (χ3v) is 6.94. The monoisotopic (exact) mass is 484 g/mol. The van der Waals surface area contributed by atoms with Crippen molar-refractivity contribution in [3.8, 4) is 16.3 Å². The fourth-order valence-electron chi connectivity index (χ4n) is 4.10. The number of hydrogen-bond donors (Lipinski definition) is 0. The molecular weight excluding hydrogens is 460 g/mol. The van der Waals surface area contributed by atoms with E-state index in [1.54, 1.807) is 24.5 Å². The van der Waals surface area contributed by atoms with Gasteiger partial charge in [0.05, 0.1) is 23.7 Å². The molecule has 3 heterocycles. The van der Waals surface area contributed by atoms with Gasteiger partial charge in [0.25, 0.3) is 11.5 Å². The Bertz CT molecular complexity index is 1440. The van der Waals surface area contributed by atoms with Crippen LogP contribution in [0.15, 0.2) is 88.8 Å². The minimum absolute atomic E-state index is 0.199. The number of aromatic nitrogens is 2. The molecule has 0 spiro atoms. The van der Waals surface area contributed by atoms with Crippen molar-refractivity contribution in [3.05, 3.63) is 105 Å². The molecular formula is C27H24N4O3S. The van der Waals surface area contributed by atoms with Gasteiger partial charge in [-0.2, -0.15) is 10.2 Å². The smallest absolute Gasteiger partial charge is 0.267 e. The second-order valence-electron chi connectivity index (χ2n) is 8.27. The van der Waals surface area contributed by atoms with Gasteiger partial charge >= 0.3 is 0 Å². The largest absolute Gasteiger partial charge is 0.497 e. The van der Waals surface area contributed by atoms with Gasteiger partial charge in [-0.3, -0.25) is 9.59 Å². The molecule has 1 aliphatic rings. The molecule has 0 N–H and O–H groups in total. The molecule has 1 atom stereocenters. The van der Waals surface area contributed by atoms with Crippen LogP contribution in [-0.2, 0) is 11.3 Å². The lowest BCUT2D eigenvalue weighted by Gasteiger charge is -2.22. The van der Waals surface area contributed by atoms with E-state index in [1.807, 2.05) is 73.7 Å². The highest BCUT2D eigenvalue weighted by Crippen LogP contribution is 2.34. The third kappa shape index (κ3) is 4.79. The number of aryl methyl sites for hydroxylation is 1. The van der Waals surface area contributed by atoms with Crippen LogP contribution in [0.4, 0.5) is 0 Å². The van der Waals surface area contributed by atoms with Crippen molar-refractivity contribution in [3.63, 3.8) is 0 Å². The summed E-state index contributed by atoms with van der Waals surface area (Å²) in [4.78, 5) is 28.1. The van der Waals surface area contributed by atoms with Crippen LogP contribution in [0.3, 0.4) is 0 Å². The Labute approximate surface area is 206 Å². The van der Waals surface area contributed by atoms with E-state index < -0.39 is 0 Å². The van der Waals surface area contributed by atoms with Crippen molar-refractivity contribution in [1.29, 1.82) is 0 Å². The summed E-state index contributed by atoms with van der Waals surface area (Å²) in [5.41, 5.74) is 3.06. The zero-order valence-corrected chi connectivity index (χ0v) is 20.2. The van der Waals surface area contributed by atoms with Gasteiger partial charge < -0.3 is 4.74 Å². The Morgan fingerprint density at radius 2 is 1.80 bits per heavy atom. The van der Waals surface area contributed by atoms with Gasteiger partial charge in [0, 0.05) is 17.4 Å². The summed E-state index contributed by atoms with van der Waals surface area (Å²) < 4.78 is 6.50. The van der Waals surface area contributed by atoms with Gasteiger partial charge in [0.1, 0.15) is 18.0 Å². The van der Waals surface area contributed by atoms with E-state index in [4.69, 9.17) is 9.84 Å². The predicted octanol–water partition coefficient (Wildman–Crippen LogP) is 4.67. The zero-order chi connectivity index (χ0) is 24.4. The Balaban J connectivity index is 1.46. The SMILES string of the molecule is COc1ccc(C2CC(c3ccccc3)=NN2C(=O)Cn2nc(-c3ccc(C)s3)ccc2=O)cc1. The molecule has 5 rings (SSSR count). The van der Waals surface area contributed by atoms with Crippen molar-refractivity contribution in [2.24, 2.45) is 5.10 Å². The summed E-state index contributed by atoms with van der Waals surface area (Å²) in [7, 11) is 1.62. The second-order valence-corrected chi connectivity index (χ2v) is 9.56. The fraction of sp³-hybridized carbons (Fsp3) is 0.185. The molecule has 4 aromatic rings. The van der Waals surface area contributed by atoms with Crippen LogP contribution in [0, 0.1) is 6.92 Å². The molecule has 0 bridgehead atoms. The van der Waals surface area contributed by atoms with Crippen LogP contribution >= 0.6 is 11.3 Å². The summed E-state index contributed by atoms with van der Waals surface area (Å²) in [6.45, 7) is 1.82. The average Bonchev–Trinajstić information content (AvgIpc) is 3.53. The average molecular weight is 485 g/mol. The lowest BCUT2D eigenvalue weighted by molar-refractivity contribution is -0.133. The van der Waals surface area contributed by atoms with E-state index in [0.29, 0.717) is 12.1 Å². The van der Waals surface area contributed by atoms with Gasteiger partial charge in [0.15, 0.2) is 0 Å². The number of ether oxygens (including phenoxy) is 1. The number of hydrazone groups is 1. The van der Waals surface area contributed by atoms with Gasteiger partial charge in [-0.25, -0.2) is 9.69 Å². The van der Waals surface area contributed by atoms with E-state index in [0.717, 1.165) is 32.3 Å². The molecule has 0 saturated carbocycles. The highest BCUT2D eigenvalue weighted by atomic mass is 32.1. The fourth-order valence-corrected chi connectivity index (χ4v) is 4.93. The molecule has 1 aliphatic heterocycles. The number of amides is 1. The lowest BCUT2D eigenvalue weighted by Crippen LogP contribution is -2.34. The second kappa shape index (κ2) is 9.68. The summed E-state index contributed by atoms with van der Waals surface area (Å²) in [5.74, 6) is 0.441. The minimum atomic E-state index is -0.331. The highest BCUT2D eigenvalue weighted by Gasteiger charge is 2.33. The van der Waals surface area contributed by atoms with Crippen molar-refractivity contribution in [1.82, 2.24) is 14.8 Å². The number of thiophene rings is 1. The first-order chi connectivity index (χ1) is 17.0. The molecule has 0 saturated heterocycles. The summed E-state index contributed by atoms with van der Waals surface area (Å²) >= 11 is 1.59. The molecule has 7 nitrogen and oxygen atoms in total. The maximum absolute atomic E-state index is 13.5. The van der Waals surface area contributed by atoms with Crippen LogP contribution in [0.1, 0.15) is 28.5 Å². The maximum Gasteiger partial charge on any atom is 0.267 e. The summed E-state index contributed by atoms with van der Waals surface area (Å²) in [6.07, 6.45) is 0.568. The molecule has 0 aliphatic carbocycles. The number of methoxy groups -OCH3 is 1. The van der Waals surface area contributed by atoms with Crippen molar-refractivity contribution >= 4 is 23.0 Å². The van der Waals surface area contributed by atoms with Crippen molar-refractivity contribution in [2.75, 3.05) is 7.11 Å². The molecule has 8 heteroatoms. The van der Waals surface area contributed by atoms with Gasteiger partial charge in [-0.05, 0) is 48.4 Å². The Hall–Kier alpha value is -4.04. The van der Waals surface area contributed by atoms with Crippen LogP contribution in [0.5, 0.6) is 5.75 Å². The third-order valence-electron chi connectivity index (χ3n) is 5.92. The van der Waals surface area contributed by atoms with E-state index in [9.17, 15) is 9.59 Å². The van der Waals surface area contributed by atoms with Crippen LogP contribution in [0.2, 0.25) is 0 Å². The number of nitrogens with zero attached hydrogens (tertiary/aromatic N) is 4. The summed E-state index contributed by atoms with van der Waals surface area (Å²) in [6, 6.07) is 24.3. The van der Waals surface area contributed by atoms with E-state index in [-0.39, 0.29) is 24.1 Å². The molecule has 1 amide bonds. The Kier molecular flexibility index (Phi) is 6.29. The van der Waals surface area contributed by atoms with Crippen LogP contribution in [-0.4, -0.2) is 33.5 Å². The molecule has 176 valence electrons. The summed E-state index contributed by atoms with van der Waals surface area (Å²) in [5, 5.41) is 10.6. The predicted molar refractivity (Wildman–Crippen MR) is 137 cm³/mol. The minimum Gasteiger partial charge on any atom is -0.497 e. The number of rotatable bonds is 6. The highest BCUT2D eigenvalue weighted by molar-refractivity contribution is 7.15. The molecule has 1 unspecified atom stereocenters. The topological polar surface area (TPSA) is 76.8 Å². The maximum atomic E-state index is 13.5. The van der Waals surface area contributed by atoms with E-state index >= 15 is 0 Å². The van der Waals surface area contributed by atoms with Crippen LogP contribution < -0.4 is 10.3 Å². The van der Waals surface area contributed by atoms with E-state index in [1.165, 1.54) is 15.8 Å². The lowest BCUT2D eigenvalue weighted by atomic mass is 9.98. The van der Waals surface area contributed by atoms with Crippen molar-refractivity contribution in [2.45, 2.75) is 25.9 Å². The number of hydrogen-bond acceptors (Lipinski definition) is 6. The zero-order valence-electron chi connectivity index (χ0n) is 19.4. The van der Waals surface area contributed by atoms with Gasteiger partial charge in [-0.1, -0.05) is 42.5 Å². The molecule has 2 aromatic heterocycles. The van der Waals surface area contributed by atoms with E-state index in [2.05, 4.69) is 5.10 Å². The normalized spacial score (nSPS) is 15.2. The first-order valence-electron chi connectivity index (χ1n) is 11.3. The quantitative estimate of drug-likeness (QED) is 0.399. The van der Waals surface area contributed by atoms with Gasteiger partial charge in [-0.15, -0.1) is 11.3 Å². The van der Waals surface area contributed by atoms with Crippen molar-refractivity contribution < 1.29 is 9.53 Å². The van der Waals surface area contributed by atoms with Gasteiger partial charge in [0.2, 0.25) is 0 Å². The molecule has 0 fully saturated rings. The molecule has 35 heavy (non-hydrogen) atoms. The molecule has 0 radical (unpaired) electrons. The number of benzene rings is 2. The van der Waals surface area contributed by atoms with Crippen LogP contribution in [0.25, 0.3) is 10.6 Å². The molecule has 2 aromatic carbocycles. The first kappa shape index (κ1) is 22.7. The number of carbonyl (C=O) groups is 1. The Morgan fingerprint density at radius 1 is 1.03 bits per heavy atom. The number of carbonyl (C=O) groups excluding carboxylic acids is 1. The standard InChI is InChI=1S/C27H24N4O3S/c1-18-8-14-25(35-18)22-13-15-26(32)30(28-22)17-27(33)31-24(20-9-11-21(34-2)12-10-20)16-23(29-31)19-6-4-3-5-7-19/h3-15,24H,16-17H2,1-2H3.